The number of ether oxygens (including phenoxy) is 1. The lowest BCUT2D eigenvalue weighted by molar-refractivity contribution is 0.0953. The average Bonchev–Trinajstić information content (AvgIpc) is 3.31. The molecule has 1 saturated heterocycles. The number of nitrogens with zero attached hydrogens (tertiary/aromatic N) is 3. The fourth-order valence-corrected chi connectivity index (χ4v) is 4.37. The van der Waals surface area contributed by atoms with Gasteiger partial charge in [-0.15, -0.1) is 10.2 Å². The number of aromatic nitrogens is 3. The maximum Gasteiger partial charge on any atom is 0.191 e. The number of hydrogen-bond acceptors (Lipinski definition) is 4. The van der Waals surface area contributed by atoms with E-state index in [0.717, 1.165) is 58.9 Å². The van der Waals surface area contributed by atoms with Crippen LogP contribution in [0.5, 0.6) is 0 Å². The van der Waals surface area contributed by atoms with Crippen LogP contribution in [0.25, 0.3) is 11.4 Å². The molecule has 0 radical (unpaired) electrons. The molecule has 0 N–H and O–H groups in total. The molecular weight excluding hydrogens is 401 g/mol. The molecule has 0 spiro atoms. The van der Waals surface area contributed by atoms with Gasteiger partial charge in [-0.05, 0) is 54.8 Å². The standard InChI is InChI=1S/C20H19Cl2N3OS/c21-16-8-6-15(7-9-16)19-23-24-20(25(19)12-18-5-2-10-26-18)27-13-14-3-1-4-17(22)11-14/h1,3-4,6-9,11,18H,2,5,10,12-13H2/t18-/m0/s1. The fraction of sp³-hybridized carbons (Fsp3) is 0.300. The molecule has 2 aromatic carbocycles. The normalized spacial score (nSPS) is 16.7. The van der Waals surface area contributed by atoms with Crippen molar-refractivity contribution in [3.8, 4) is 11.4 Å². The summed E-state index contributed by atoms with van der Waals surface area (Å²) in [4.78, 5) is 0. The van der Waals surface area contributed by atoms with Gasteiger partial charge in [0.15, 0.2) is 11.0 Å². The average molecular weight is 420 g/mol. The van der Waals surface area contributed by atoms with Crippen molar-refractivity contribution in [2.45, 2.75) is 36.4 Å². The lowest BCUT2D eigenvalue weighted by Gasteiger charge is -2.15. The molecule has 1 aliphatic rings. The van der Waals surface area contributed by atoms with Gasteiger partial charge in [0, 0.05) is 28.0 Å². The van der Waals surface area contributed by atoms with Gasteiger partial charge in [-0.1, -0.05) is 47.1 Å². The Morgan fingerprint density at radius 2 is 1.93 bits per heavy atom. The van der Waals surface area contributed by atoms with Crippen LogP contribution in [0.3, 0.4) is 0 Å². The van der Waals surface area contributed by atoms with Crippen LogP contribution in [0.2, 0.25) is 10.0 Å². The summed E-state index contributed by atoms with van der Waals surface area (Å²) in [5, 5.41) is 11.2. The fourth-order valence-electron chi connectivity index (χ4n) is 3.14. The maximum atomic E-state index is 6.10. The van der Waals surface area contributed by atoms with E-state index in [4.69, 9.17) is 27.9 Å². The van der Waals surface area contributed by atoms with E-state index in [-0.39, 0.29) is 6.10 Å². The summed E-state index contributed by atoms with van der Waals surface area (Å²) >= 11 is 13.8. The highest BCUT2D eigenvalue weighted by atomic mass is 35.5. The Morgan fingerprint density at radius 1 is 1.07 bits per heavy atom. The molecule has 0 amide bonds. The van der Waals surface area contributed by atoms with Crippen molar-refractivity contribution in [3.63, 3.8) is 0 Å². The van der Waals surface area contributed by atoms with Crippen molar-refractivity contribution in [1.82, 2.24) is 14.8 Å². The Morgan fingerprint density at radius 3 is 2.67 bits per heavy atom. The van der Waals surface area contributed by atoms with Gasteiger partial charge in [0.05, 0.1) is 12.6 Å². The first-order valence-corrected chi connectivity index (χ1v) is 10.6. The third kappa shape index (κ3) is 4.66. The number of halogens is 2. The second kappa shape index (κ2) is 8.65. The molecule has 7 heteroatoms. The quantitative estimate of drug-likeness (QED) is 0.478. The van der Waals surface area contributed by atoms with Gasteiger partial charge in [0.2, 0.25) is 0 Å². The van der Waals surface area contributed by atoms with E-state index < -0.39 is 0 Å². The zero-order valence-corrected chi connectivity index (χ0v) is 17.0. The highest BCUT2D eigenvalue weighted by Gasteiger charge is 2.21. The van der Waals surface area contributed by atoms with Crippen LogP contribution < -0.4 is 0 Å². The van der Waals surface area contributed by atoms with E-state index >= 15 is 0 Å². The van der Waals surface area contributed by atoms with Crippen LogP contribution >= 0.6 is 35.0 Å². The molecule has 1 aromatic heterocycles. The summed E-state index contributed by atoms with van der Waals surface area (Å²) in [5.41, 5.74) is 2.16. The van der Waals surface area contributed by atoms with Crippen molar-refractivity contribution < 1.29 is 4.74 Å². The third-order valence-corrected chi connectivity index (χ3v) is 6.01. The summed E-state index contributed by atoms with van der Waals surface area (Å²) in [7, 11) is 0. The largest absolute Gasteiger partial charge is 0.376 e. The summed E-state index contributed by atoms with van der Waals surface area (Å²) in [6.45, 7) is 1.58. The molecule has 0 unspecified atom stereocenters. The molecular formula is C20H19Cl2N3OS. The first-order valence-electron chi connectivity index (χ1n) is 8.87. The van der Waals surface area contributed by atoms with Gasteiger partial charge in [-0.25, -0.2) is 0 Å². The summed E-state index contributed by atoms with van der Waals surface area (Å²) in [6.07, 6.45) is 2.38. The van der Waals surface area contributed by atoms with Gasteiger partial charge in [-0.3, -0.25) is 4.57 Å². The highest BCUT2D eigenvalue weighted by Crippen LogP contribution is 2.29. The molecule has 27 heavy (non-hydrogen) atoms. The lowest BCUT2D eigenvalue weighted by Crippen LogP contribution is -2.16. The van der Waals surface area contributed by atoms with Crippen LogP contribution in [-0.2, 0) is 17.0 Å². The molecule has 2 heterocycles. The van der Waals surface area contributed by atoms with Crippen molar-refractivity contribution in [3.05, 3.63) is 64.1 Å². The Labute approximate surface area is 172 Å². The number of rotatable bonds is 6. The van der Waals surface area contributed by atoms with E-state index in [0.29, 0.717) is 5.02 Å². The highest BCUT2D eigenvalue weighted by molar-refractivity contribution is 7.98. The predicted octanol–water partition coefficient (Wildman–Crippen LogP) is 5.72. The predicted molar refractivity (Wildman–Crippen MR) is 110 cm³/mol. The van der Waals surface area contributed by atoms with Crippen LogP contribution in [0, 0.1) is 0 Å². The summed E-state index contributed by atoms with van der Waals surface area (Å²) in [5.74, 6) is 1.63. The Hall–Kier alpha value is -1.53. The van der Waals surface area contributed by atoms with E-state index in [1.807, 2.05) is 42.5 Å². The van der Waals surface area contributed by atoms with Crippen molar-refractivity contribution in [2.24, 2.45) is 0 Å². The molecule has 0 aliphatic carbocycles. The molecule has 1 aliphatic heterocycles. The monoisotopic (exact) mass is 419 g/mol. The van der Waals surface area contributed by atoms with Crippen molar-refractivity contribution in [2.75, 3.05) is 6.61 Å². The zero-order chi connectivity index (χ0) is 18.6. The lowest BCUT2D eigenvalue weighted by atomic mass is 10.2. The van der Waals surface area contributed by atoms with E-state index in [1.54, 1.807) is 11.8 Å². The minimum absolute atomic E-state index is 0.206. The van der Waals surface area contributed by atoms with Crippen molar-refractivity contribution >= 4 is 35.0 Å². The zero-order valence-electron chi connectivity index (χ0n) is 14.6. The molecule has 1 fully saturated rings. The summed E-state index contributed by atoms with van der Waals surface area (Å²) in [6, 6.07) is 15.6. The molecule has 3 aromatic rings. The van der Waals surface area contributed by atoms with Crippen LogP contribution in [0.1, 0.15) is 18.4 Å². The second-order valence-electron chi connectivity index (χ2n) is 6.48. The minimum Gasteiger partial charge on any atom is -0.376 e. The first-order chi connectivity index (χ1) is 13.2. The Balaban J connectivity index is 1.60. The molecule has 1 atom stereocenters. The Kier molecular flexibility index (Phi) is 6.03. The van der Waals surface area contributed by atoms with Crippen LogP contribution in [-0.4, -0.2) is 27.5 Å². The van der Waals surface area contributed by atoms with Gasteiger partial charge >= 0.3 is 0 Å². The van der Waals surface area contributed by atoms with Gasteiger partial charge in [0.1, 0.15) is 0 Å². The topological polar surface area (TPSA) is 39.9 Å². The smallest absolute Gasteiger partial charge is 0.191 e. The molecule has 0 bridgehead atoms. The minimum atomic E-state index is 0.206. The number of benzene rings is 2. The van der Waals surface area contributed by atoms with E-state index in [1.165, 1.54) is 0 Å². The maximum absolute atomic E-state index is 6.10. The van der Waals surface area contributed by atoms with Gasteiger partial charge in [0.25, 0.3) is 0 Å². The van der Waals surface area contributed by atoms with Crippen LogP contribution in [0.4, 0.5) is 0 Å². The first kappa shape index (κ1) is 18.8. The Bertz CT molecular complexity index is 908. The van der Waals surface area contributed by atoms with Gasteiger partial charge < -0.3 is 4.74 Å². The van der Waals surface area contributed by atoms with Crippen LogP contribution in [0.15, 0.2) is 53.7 Å². The summed E-state index contributed by atoms with van der Waals surface area (Å²) < 4.78 is 8.01. The van der Waals surface area contributed by atoms with E-state index in [2.05, 4.69) is 20.8 Å². The molecule has 4 rings (SSSR count). The second-order valence-corrected chi connectivity index (χ2v) is 8.29. The van der Waals surface area contributed by atoms with Crippen molar-refractivity contribution in [1.29, 1.82) is 0 Å². The number of thioether (sulfide) groups is 1. The van der Waals surface area contributed by atoms with E-state index in [9.17, 15) is 0 Å². The SMILES string of the molecule is Clc1ccc(-c2nnc(SCc3cccc(Cl)c3)n2C[C@@H]2CCCO2)cc1. The molecule has 0 saturated carbocycles. The molecule has 140 valence electrons. The van der Waals surface area contributed by atoms with Gasteiger partial charge in [-0.2, -0.15) is 0 Å². The molecule has 4 nitrogen and oxygen atoms in total. The number of hydrogen-bond donors (Lipinski definition) is 0. The third-order valence-electron chi connectivity index (χ3n) is 4.49.